The summed E-state index contributed by atoms with van der Waals surface area (Å²) in [6, 6.07) is 17.0. The van der Waals surface area contributed by atoms with Crippen molar-refractivity contribution < 1.29 is 14.3 Å². The van der Waals surface area contributed by atoms with Gasteiger partial charge in [-0.2, -0.15) is 5.10 Å². The van der Waals surface area contributed by atoms with Crippen LogP contribution in [0.15, 0.2) is 73.2 Å². The van der Waals surface area contributed by atoms with Gasteiger partial charge in [-0.3, -0.25) is 19.2 Å². The third-order valence-electron chi connectivity index (χ3n) is 11.4. The third-order valence-corrected chi connectivity index (χ3v) is 12.3. The highest BCUT2D eigenvalue weighted by atomic mass is 32.1. The van der Waals surface area contributed by atoms with Gasteiger partial charge in [0.2, 0.25) is 0 Å². The van der Waals surface area contributed by atoms with Crippen molar-refractivity contribution in [3.05, 3.63) is 90.0 Å². The van der Waals surface area contributed by atoms with Crippen molar-refractivity contribution in [3.8, 4) is 11.1 Å². The number of esters is 1. The van der Waals surface area contributed by atoms with E-state index in [9.17, 15) is 9.59 Å². The van der Waals surface area contributed by atoms with E-state index in [0.717, 1.165) is 51.3 Å². The van der Waals surface area contributed by atoms with Gasteiger partial charge in [0.1, 0.15) is 11.4 Å². The average Bonchev–Trinajstić information content (AvgIpc) is 3.77. The number of nitrogens with zero attached hydrogens (tertiary/aromatic N) is 5. The molecule has 1 amide bonds. The Morgan fingerprint density at radius 1 is 0.960 bits per heavy atom. The van der Waals surface area contributed by atoms with Gasteiger partial charge in [0.15, 0.2) is 10.8 Å². The van der Waals surface area contributed by atoms with Gasteiger partial charge in [0.25, 0.3) is 5.91 Å². The van der Waals surface area contributed by atoms with Crippen LogP contribution in [0.3, 0.4) is 0 Å². The molecule has 4 fully saturated rings. The number of nitrogens with one attached hydrogen (secondary N) is 2. The zero-order valence-electron chi connectivity index (χ0n) is 28.2. The number of benzene rings is 2. The maximum atomic E-state index is 13.5. The van der Waals surface area contributed by atoms with Crippen LogP contribution in [0.25, 0.3) is 27.0 Å². The second-order valence-electron chi connectivity index (χ2n) is 14.6. The van der Waals surface area contributed by atoms with Crippen LogP contribution in [-0.4, -0.2) is 43.1 Å². The molecule has 2 unspecified atom stereocenters. The summed E-state index contributed by atoms with van der Waals surface area (Å²) >= 11 is 1.43. The smallest absolute Gasteiger partial charge is 0.342 e. The topological polar surface area (TPSA) is 115 Å². The van der Waals surface area contributed by atoms with Gasteiger partial charge in [-0.1, -0.05) is 48.4 Å². The number of hydrogen-bond donors (Lipinski definition) is 2. The summed E-state index contributed by atoms with van der Waals surface area (Å²) in [5, 5.41) is 11.8. The van der Waals surface area contributed by atoms with E-state index in [1.807, 2.05) is 65.3 Å². The second kappa shape index (κ2) is 12.1. The number of thiazole rings is 1. The molecule has 50 heavy (non-hydrogen) atoms. The first-order valence-corrected chi connectivity index (χ1v) is 18.3. The fourth-order valence-corrected chi connectivity index (χ4v) is 10.3. The number of methoxy groups -OCH3 is 1. The molecule has 0 spiro atoms. The number of fused-ring (bicyclic) bond motifs is 3. The molecule has 10 nitrogen and oxygen atoms in total. The molecule has 10 rings (SSSR count). The minimum Gasteiger partial charge on any atom is -0.465 e. The third kappa shape index (κ3) is 5.35. The Labute approximate surface area is 293 Å². The standard InChI is InChI=1S/C39H39N7O3S/c1-23-29(20-41-46(23)22-39-17-24-11-12-25(18-39)16-26(15-24)19-39)27-13-14-45-33(21-40-35(45)34(27)37(48)49-2)42-30-8-4-3-7-28(30)36(47)44-38-43-31-9-5-6-10-32(31)50-38/h3-10,13-14,20-21,24-26,42H,11-12,15-19,22H2,1-2H3,(H,43,44,47). The van der Waals surface area contributed by atoms with Crippen molar-refractivity contribution in [2.75, 3.05) is 17.7 Å². The number of rotatable bonds is 8. The van der Waals surface area contributed by atoms with Crippen molar-refractivity contribution in [2.45, 2.75) is 58.4 Å². The molecule has 2 aromatic carbocycles. The number of carbonyl (C=O) groups excluding carboxylic acids is 2. The van der Waals surface area contributed by atoms with Crippen molar-refractivity contribution >= 4 is 55.7 Å². The minimum atomic E-state index is -0.469. The molecule has 4 saturated carbocycles. The fraction of sp³-hybridized carbons (Fsp3) is 0.359. The Bertz CT molecular complexity index is 2240. The van der Waals surface area contributed by atoms with Gasteiger partial charge in [0.05, 0.1) is 41.0 Å². The molecule has 2 N–H and O–H groups in total. The SMILES string of the molecule is COC(=O)c1c(-c2cnn(CC34CC5CCC(CC(C5)C3)C4)c2C)ccn2c(Nc3ccccc3C(=O)Nc3nc4ccccc4s3)cnc12. The van der Waals surface area contributed by atoms with Gasteiger partial charge in [-0.25, -0.2) is 14.8 Å². The van der Waals surface area contributed by atoms with E-state index in [0.29, 0.717) is 38.8 Å². The monoisotopic (exact) mass is 685 g/mol. The van der Waals surface area contributed by atoms with Gasteiger partial charge >= 0.3 is 5.97 Å². The van der Waals surface area contributed by atoms with Gasteiger partial charge in [-0.05, 0) is 92.5 Å². The van der Waals surface area contributed by atoms with Crippen LogP contribution in [-0.2, 0) is 11.3 Å². The zero-order valence-corrected chi connectivity index (χ0v) is 29.0. The lowest BCUT2D eigenvalue weighted by atomic mass is 9.58. The number of hydrogen-bond acceptors (Lipinski definition) is 8. The first-order chi connectivity index (χ1) is 24.4. The predicted octanol–water partition coefficient (Wildman–Crippen LogP) is 8.50. The zero-order chi connectivity index (χ0) is 34.0. The molecule has 0 saturated heterocycles. The van der Waals surface area contributed by atoms with E-state index in [1.165, 1.54) is 63.4 Å². The van der Waals surface area contributed by atoms with Crippen LogP contribution in [0.2, 0.25) is 0 Å². The van der Waals surface area contributed by atoms with E-state index < -0.39 is 5.97 Å². The number of para-hydroxylation sites is 2. The van der Waals surface area contributed by atoms with Crippen LogP contribution in [0.5, 0.6) is 0 Å². The minimum absolute atomic E-state index is 0.282. The Morgan fingerprint density at radius 3 is 2.52 bits per heavy atom. The Kier molecular flexibility index (Phi) is 7.49. The highest BCUT2D eigenvalue weighted by Gasteiger charge is 2.48. The van der Waals surface area contributed by atoms with Crippen LogP contribution in [0.1, 0.15) is 71.4 Å². The Balaban J connectivity index is 1.02. The first-order valence-electron chi connectivity index (χ1n) is 17.5. The number of ether oxygens (including phenoxy) is 1. The lowest BCUT2D eigenvalue weighted by molar-refractivity contribution is 0.0169. The Morgan fingerprint density at radius 2 is 1.72 bits per heavy atom. The fourth-order valence-electron chi connectivity index (χ4n) is 9.44. The van der Waals surface area contributed by atoms with Crippen molar-refractivity contribution in [1.29, 1.82) is 0 Å². The number of carbonyl (C=O) groups is 2. The second-order valence-corrected chi connectivity index (χ2v) is 15.6. The molecule has 4 aromatic heterocycles. The highest BCUT2D eigenvalue weighted by Crippen LogP contribution is 2.58. The number of pyridine rings is 1. The molecule has 6 aromatic rings. The number of amides is 1. The van der Waals surface area contributed by atoms with Crippen LogP contribution < -0.4 is 10.6 Å². The highest BCUT2D eigenvalue weighted by molar-refractivity contribution is 7.22. The van der Waals surface area contributed by atoms with Crippen LogP contribution >= 0.6 is 11.3 Å². The molecule has 254 valence electrons. The summed E-state index contributed by atoms with van der Waals surface area (Å²) in [4.78, 5) is 36.2. The number of anilines is 3. The van der Waals surface area contributed by atoms with Crippen LogP contribution in [0, 0.1) is 30.1 Å². The van der Waals surface area contributed by atoms with E-state index in [4.69, 9.17) is 14.8 Å². The van der Waals surface area contributed by atoms with Crippen molar-refractivity contribution in [3.63, 3.8) is 0 Å². The van der Waals surface area contributed by atoms with E-state index in [2.05, 4.69) is 27.2 Å². The van der Waals surface area contributed by atoms with Gasteiger partial charge in [-0.15, -0.1) is 0 Å². The van der Waals surface area contributed by atoms with E-state index in [1.54, 1.807) is 12.3 Å². The predicted molar refractivity (Wildman–Crippen MR) is 195 cm³/mol. The van der Waals surface area contributed by atoms with Crippen molar-refractivity contribution in [1.82, 2.24) is 24.1 Å². The maximum Gasteiger partial charge on any atom is 0.342 e. The molecule has 11 heteroatoms. The molecule has 4 aliphatic carbocycles. The summed E-state index contributed by atoms with van der Waals surface area (Å²) < 4.78 is 10.3. The molecule has 4 aliphatic rings. The largest absolute Gasteiger partial charge is 0.465 e. The average molecular weight is 686 g/mol. The first kappa shape index (κ1) is 31.0. The molecule has 4 bridgehead atoms. The lowest BCUT2D eigenvalue weighted by Crippen LogP contribution is -2.40. The molecular weight excluding hydrogens is 647 g/mol. The molecule has 0 aliphatic heterocycles. The normalized spacial score (nSPS) is 22.6. The lowest BCUT2D eigenvalue weighted by Gasteiger charge is -2.48. The van der Waals surface area contributed by atoms with Gasteiger partial charge < -0.3 is 10.1 Å². The summed E-state index contributed by atoms with van der Waals surface area (Å²) in [7, 11) is 1.39. The summed E-state index contributed by atoms with van der Waals surface area (Å²) in [6.45, 7) is 3.04. The number of imidazole rings is 1. The molecule has 2 atom stereocenters. The van der Waals surface area contributed by atoms with Gasteiger partial charge in [0, 0.05) is 29.6 Å². The molecular formula is C39H39N7O3S. The van der Waals surface area contributed by atoms with Crippen molar-refractivity contribution in [2.24, 2.45) is 23.2 Å². The van der Waals surface area contributed by atoms with Crippen LogP contribution in [0.4, 0.5) is 16.6 Å². The quantitative estimate of drug-likeness (QED) is 0.154. The molecule has 0 radical (unpaired) electrons. The Hall–Kier alpha value is -5.03. The summed E-state index contributed by atoms with van der Waals surface area (Å²) in [6.07, 6.45) is 15.0. The summed E-state index contributed by atoms with van der Waals surface area (Å²) in [5.74, 6) is 2.42. The summed E-state index contributed by atoms with van der Waals surface area (Å²) in [5.41, 5.74) is 5.73. The van der Waals surface area contributed by atoms with E-state index >= 15 is 0 Å². The number of aromatic nitrogens is 5. The maximum absolute atomic E-state index is 13.5. The van der Waals surface area contributed by atoms with E-state index in [-0.39, 0.29) is 5.91 Å². The molecule has 4 heterocycles.